The van der Waals surface area contributed by atoms with Gasteiger partial charge < -0.3 is 15.3 Å². The topological polar surface area (TPSA) is 112 Å². The first kappa shape index (κ1) is 41.4. The molecule has 0 saturated heterocycles. The molecule has 0 bridgehead atoms. The molecule has 264 valence electrons. The Bertz CT molecular complexity index is 816. The molecular formula is C39H72O6. The number of rotatable bonds is 27. The van der Waals surface area contributed by atoms with E-state index in [2.05, 4.69) is 41.5 Å². The molecule has 3 N–H and O–H groups in total. The van der Waals surface area contributed by atoms with Gasteiger partial charge in [-0.2, -0.15) is 0 Å². The Hall–Kier alpha value is -1.59. The Morgan fingerprint density at radius 3 is 1.18 bits per heavy atom. The van der Waals surface area contributed by atoms with Crippen molar-refractivity contribution in [3.05, 3.63) is 0 Å². The fourth-order valence-electron chi connectivity index (χ4n) is 9.62. The number of hydrogen-bond acceptors (Lipinski definition) is 3. The lowest BCUT2D eigenvalue weighted by molar-refractivity contribution is -0.219. The molecule has 4 atom stereocenters. The molecule has 0 amide bonds. The zero-order valence-electron chi connectivity index (χ0n) is 30.3. The minimum absolute atomic E-state index is 0.0115. The number of carboxylic acids is 3. The van der Waals surface area contributed by atoms with E-state index in [1.165, 1.54) is 0 Å². The van der Waals surface area contributed by atoms with Gasteiger partial charge in [-0.05, 0) is 55.3 Å². The van der Waals surface area contributed by atoms with Crippen LogP contribution in [0.5, 0.6) is 0 Å². The third-order valence-corrected chi connectivity index (χ3v) is 11.6. The molecule has 0 aromatic rings. The van der Waals surface area contributed by atoms with Gasteiger partial charge in [0.25, 0.3) is 0 Å². The molecule has 0 aromatic heterocycles. The second-order valence-electron chi connectivity index (χ2n) is 14.9. The third kappa shape index (κ3) is 10.4. The van der Waals surface area contributed by atoms with Crippen LogP contribution in [0.4, 0.5) is 0 Å². The fourth-order valence-corrected chi connectivity index (χ4v) is 9.62. The second kappa shape index (κ2) is 21.3. The van der Waals surface area contributed by atoms with Gasteiger partial charge in [0.2, 0.25) is 0 Å². The van der Waals surface area contributed by atoms with Crippen LogP contribution in [-0.2, 0) is 14.4 Å². The monoisotopic (exact) mass is 637 g/mol. The molecule has 1 aliphatic rings. The molecule has 0 aliphatic heterocycles. The van der Waals surface area contributed by atoms with Crippen molar-refractivity contribution < 1.29 is 29.7 Å². The molecule has 4 unspecified atom stereocenters. The average Bonchev–Trinajstić information content (AvgIpc) is 2.98. The lowest BCUT2D eigenvalue weighted by atomic mass is 9.39. The van der Waals surface area contributed by atoms with E-state index in [-0.39, 0.29) is 30.6 Å². The van der Waals surface area contributed by atoms with Crippen molar-refractivity contribution in [2.45, 2.75) is 196 Å². The summed E-state index contributed by atoms with van der Waals surface area (Å²) in [5.41, 5.74) is -5.09. The summed E-state index contributed by atoms with van der Waals surface area (Å²) >= 11 is 0. The highest BCUT2D eigenvalue weighted by atomic mass is 16.4. The van der Waals surface area contributed by atoms with Crippen LogP contribution in [0, 0.1) is 34.0 Å². The van der Waals surface area contributed by atoms with Gasteiger partial charge in [0.05, 0.1) is 0 Å². The van der Waals surface area contributed by atoms with Crippen LogP contribution in [0.3, 0.4) is 0 Å². The van der Waals surface area contributed by atoms with Crippen molar-refractivity contribution >= 4 is 17.9 Å². The van der Waals surface area contributed by atoms with E-state index >= 15 is 0 Å². The van der Waals surface area contributed by atoms with E-state index in [0.29, 0.717) is 25.7 Å². The van der Waals surface area contributed by atoms with Gasteiger partial charge in [0.1, 0.15) is 5.41 Å². The van der Waals surface area contributed by atoms with Crippen molar-refractivity contribution in [3.63, 3.8) is 0 Å². The first-order chi connectivity index (χ1) is 21.5. The van der Waals surface area contributed by atoms with Crippen LogP contribution in [-0.4, -0.2) is 33.2 Å². The minimum atomic E-state index is -2.34. The summed E-state index contributed by atoms with van der Waals surface area (Å²) in [6.45, 7) is 13.0. The Labute approximate surface area is 276 Å². The van der Waals surface area contributed by atoms with Gasteiger partial charge in [-0.15, -0.1) is 0 Å². The predicted octanol–water partition coefficient (Wildman–Crippen LogP) is 11.5. The van der Waals surface area contributed by atoms with E-state index in [0.717, 1.165) is 116 Å². The first-order valence-electron chi connectivity index (χ1n) is 19.2. The SMILES string of the molecule is CCCCCC(CCC)CC1(CC(CCC)CCCCC)CCCC(C(=O)O)(C(=O)O)C1(CC(CCC)CCCCC)C(=O)O. The second-order valence-corrected chi connectivity index (χ2v) is 14.9. The van der Waals surface area contributed by atoms with E-state index in [4.69, 9.17) is 0 Å². The maximum absolute atomic E-state index is 14.3. The van der Waals surface area contributed by atoms with E-state index in [9.17, 15) is 29.7 Å². The maximum atomic E-state index is 14.3. The average molecular weight is 637 g/mol. The van der Waals surface area contributed by atoms with Gasteiger partial charge in [-0.3, -0.25) is 14.4 Å². The van der Waals surface area contributed by atoms with Crippen molar-refractivity contribution in [1.29, 1.82) is 0 Å². The Kier molecular flexibility index (Phi) is 19.6. The lowest BCUT2D eigenvalue weighted by Crippen LogP contribution is -2.68. The zero-order valence-corrected chi connectivity index (χ0v) is 30.3. The standard InChI is InChI=1S/C39H72O6/c1-7-13-16-23-31(20-10-4)28-37(29-32(21-11-5)24-17-14-8-2)26-19-27-38(34(40)41,35(42)43)39(37,36(44)45)30-33(22-12-6)25-18-15-9-3/h31-33H,7-30H2,1-6H3,(H,40,41)(H,42,43)(H,44,45). The third-order valence-electron chi connectivity index (χ3n) is 11.6. The summed E-state index contributed by atoms with van der Waals surface area (Å²) in [6, 6.07) is 0. The number of carboxylic acid groups (broad SMARTS) is 3. The normalized spacial score (nSPS) is 23.3. The van der Waals surface area contributed by atoms with Crippen molar-refractivity contribution in [3.8, 4) is 0 Å². The predicted molar refractivity (Wildman–Crippen MR) is 186 cm³/mol. The van der Waals surface area contributed by atoms with Crippen LogP contribution < -0.4 is 0 Å². The zero-order chi connectivity index (χ0) is 33.9. The molecule has 1 fully saturated rings. The summed E-state index contributed by atoms with van der Waals surface area (Å²) in [7, 11) is 0. The van der Waals surface area contributed by atoms with Crippen molar-refractivity contribution in [2.75, 3.05) is 0 Å². The quantitative estimate of drug-likeness (QED) is 0.0611. The highest BCUT2D eigenvalue weighted by Gasteiger charge is 2.75. The van der Waals surface area contributed by atoms with Crippen molar-refractivity contribution in [2.24, 2.45) is 34.0 Å². The molecule has 0 spiro atoms. The highest BCUT2D eigenvalue weighted by Crippen LogP contribution is 2.68. The molecule has 1 aliphatic carbocycles. The number of aliphatic carboxylic acids is 3. The van der Waals surface area contributed by atoms with Crippen LogP contribution in [0.2, 0.25) is 0 Å². The summed E-state index contributed by atoms with van der Waals surface area (Å²) in [4.78, 5) is 41.3. The molecule has 6 nitrogen and oxygen atoms in total. The molecule has 0 radical (unpaired) electrons. The Morgan fingerprint density at radius 2 is 0.867 bits per heavy atom. The van der Waals surface area contributed by atoms with Crippen LogP contribution >= 0.6 is 0 Å². The number of unbranched alkanes of at least 4 members (excludes halogenated alkanes) is 6. The molecule has 6 heteroatoms. The molecule has 1 saturated carbocycles. The Morgan fingerprint density at radius 1 is 0.489 bits per heavy atom. The van der Waals surface area contributed by atoms with Crippen molar-refractivity contribution in [1.82, 2.24) is 0 Å². The van der Waals surface area contributed by atoms with Gasteiger partial charge in [0, 0.05) is 0 Å². The molecule has 1 rings (SSSR count). The van der Waals surface area contributed by atoms with Crippen LogP contribution in [0.15, 0.2) is 0 Å². The maximum Gasteiger partial charge on any atom is 0.322 e. The van der Waals surface area contributed by atoms with Gasteiger partial charge in [-0.1, -0.05) is 164 Å². The number of hydrogen-bond donors (Lipinski definition) is 3. The smallest absolute Gasteiger partial charge is 0.322 e. The summed E-state index contributed by atoms with van der Waals surface area (Å²) in [5.74, 6) is -3.54. The number of carbonyl (C=O) groups is 3. The fraction of sp³-hybridized carbons (Fsp3) is 0.923. The summed E-state index contributed by atoms with van der Waals surface area (Å²) in [6.07, 6.45) is 20.4. The molecule has 0 aromatic carbocycles. The van der Waals surface area contributed by atoms with Gasteiger partial charge >= 0.3 is 17.9 Å². The summed E-state index contributed by atoms with van der Waals surface area (Å²) in [5, 5.41) is 33.7. The van der Waals surface area contributed by atoms with Crippen LogP contribution in [0.25, 0.3) is 0 Å². The van der Waals surface area contributed by atoms with Crippen LogP contribution in [0.1, 0.15) is 196 Å². The summed E-state index contributed by atoms with van der Waals surface area (Å²) < 4.78 is 0. The largest absolute Gasteiger partial charge is 0.481 e. The first-order valence-corrected chi connectivity index (χ1v) is 19.2. The van der Waals surface area contributed by atoms with Gasteiger partial charge in [0.15, 0.2) is 5.41 Å². The lowest BCUT2D eigenvalue weighted by Gasteiger charge is -2.60. The molecule has 0 heterocycles. The minimum Gasteiger partial charge on any atom is -0.481 e. The molecule has 45 heavy (non-hydrogen) atoms. The van der Waals surface area contributed by atoms with Gasteiger partial charge in [-0.25, -0.2) is 0 Å². The van der Waals surface area contributed by atoms with E-state index in [1.807, 2.05) is 0 Å². The Balaban J connectivity index is 4.13. The highest BCUT2D eigenvalue weighted by molar-refractivity contribution is 6.04. The van der Waals surface area contributed by atoms with E-state index < -0.39 is 34.2 Å². The molecular weight excluding hydrogens is 564 g/mol. The van der Waals surface area contributed by atoms with E-state index in [1.54, 1.807) is 0 Å².